The van der Waals surface area contributed by atoms with Gasteiger partial charge < -0.3 is 4.74 Å². The molecule has 1 heterocycles. The lowest BCUT2D eigenvalue weighted by atomic mass is 10.2. The van der Waals surface area contributed by atoms with Crippen LogP contribution >= 0.6 is 11.6 Å². The number of rotatable bonds is 3. The van der Waals surface area contributed by atoms with Crippen LogP contribution in [0.2, 0.25) is 5.15 Å². The molecule has 0 atom stereocenters. The van der Waals surface area contributed by atoms with Crippen molar-refractivity contribution in [3.05, 3.63) is 52.6 Å². The fourth-order valence-corrected chi connectivity index (χ4v) is 1.34. The number of halogens is 2. The van der Waals surface area contributed by atoms with Crippen LogP contribution in [0.25, 0.3) is 0 Å². The summed E-state index contributed by atoms with van der Waals surface area (Å²) in [5, 5.41) is 7.85. The van der Waals surface area contributed by atoms with Crippen LogP contribution in [0.3, 0.4) is 0 Å². The maximum atomic E-state index is 13.2. The zero-order chi connectivity index (χ0) is 12.3. The third-order valence-corrected chi connectivity index (χ3v) is 2.42. The maximum Gasteiger partial charge on any atom is 0.151 e. The van der Waals surface area contributed by atoms with Gasteiger partial charge >= 0.3 is 0 Å². The molecule has 1 aromatic carbocycles. The first-order valence-electron chi connectivity index (χ1n) is 5.02. The Balaban J connectivity index is 2.02. The van der Waals surface area contributed by atoms with Crippen LogP contribution in [-0.2, 0) is 6.61 Å². The third kappa shape index (κ3) is 3.14. The SMILES string of the molecule is Cc1ccc(OCc2ccc(Cl)nn2)cc1F. The minimum atomic E-state index is -0.287. The van der Waals surface area contributed by atoms with Crippen molar-refractivity contribution in [2.45, 2.75) is 13.5 Å². The highest BCUT2D eigenvalue weighted by molar-refractivity contribution is 6.29. The smallest absolute Gasteiger partial charge is 0.151 e. The molecule has 0 fully saturated rings. The highest BCUT2D eigenvalue weighted by atomic mass is 35.5. The first kappa shape index (κ1) is 11.8. The lowest BCUT2D eigenvalue weighted by Crippen LogP contribution is -2.00. The van der Waals surface area contributed by atoms with Crippen molar-refractivity contribution in [3.63, 3.8) is 0 Å². The van der Waals surface area contributed by atoms with Crippen molar-refractivity contribution in [3.8, 4) is 5.75 Å². The van der Waals surface area contributed by atoms with Crippen molar-refractivity contribution < 1.29 is 9.13 Å². The molecule has 0 aliphatic rings. The number of ether oxygens (including phenoxy) is 1. The van der Waals surface area contributed by atoms with E-state index >= 15 is 0 Å². The first-order chi connectivity index (χ1) is 8.15. The Bertz CT molecular complexity index is 516. The molecular formula is C12H10ClFN2O. The summed E-state index contributed by atoms with van der Waals surface area (Å²) in [6.45, 7) is 1.93. The van der Waals surface area contributed by atoms with Crippen LogP contribution in [0.4, 0.5) is 4.39 Å². The average Bonchev–Trinajstić information content (AvgIpc) is 2.33. The van der Waals surface area contributed by atoms with Gasteiger partial charge in [-0.05, 0) is 30.7 Å². The second-order valence-corrected chi connectivity index (χ2v) is 3.93. The Morgan fingerprint density at radius 2 is 2.06 bits per heavy atom. The maximum absolute atomic E-state index is 13.2. The fraction of sp³-hybridized carbons (Fsp3) is 0.167. The molecule has 1 aromatic heterocycles. The monoisotopic (exact) mass is 252 g/mol. The largest absolute Gasteiger partial charge is 0.487 e. The van der Waals surface area contributed by atoms with Crippen molar-refractivity contribution >= 4 is 11.6 Å². The summed E-state index contributed by atoms with van der Waals surface area (Å²) in [6.07, 6.45) is 0. The molecular weight excluding hydrogens is 243 g/mol. The van der Waals surface area contributed by atoms with Gasteiger partial charge in [-0.25, -0.2) is 4.39 Å². The Morgan fingerprint density at radius 1 is 1.24 bits per heavy atom. The minimum Gasteiger partial charge on any atom is -0.487 e. The molecule has 2 rings (SSSR count). The molecule has 0 radical (unpaired) electrons. The van der Waals surface area contributed by atoms with Crippen LogP contribution in [0, 0.1) is 12.7 Å². The minimum absolute atomic E-state index is 0.229. The summed E-state index contributed by atoms with van der Waals surface area (Å²) in [5.74, 6) is 0.176. The van der Waals surface area contributed by atoms with Gasteiger partial charge in [0.25, 0.3) is 0 Å². The van der Waals surface area contributed by atoms with Gasteiger partial charge in [-0.1, -0.05) is 17.7 Å². The van der Waals surface area contributed by atoms with Gasteiger partial charge in [0, 0.05) is 6.07 Å². The normalized spacial score (nSPS) is 10.3. The van der Waals surface area contributed by atoms with Crippen molar-refractivity contribution in [2.24, 2.45) is 0 Å². The zero-order valence-electron chi connectivity index (χ0n) is 9.15. The summed E-state index contributed by atoms with van der Waals surface area (Å²) in [5.41, 5.74) is 1.22. The molecule has 0 spiro atoms. The van der Waals surface area contributed by atoms with E-state index in [0.717, 1.165) is 0 Å². The van der Waals surface area contributed by atoms with E-state index in [4.69, 9.17) is 16.3 Å². The molecule has 5 heteroatoms. The molecule has 88 valence electrons. The zero-order valence-corrected chi connectivity index (χ0v) is 9.91. The number of aryl methyl sites for hydroxylation is 1. The third-order valence-electron chi connectivity index (χ3n) is 2.22. The number of hydrogen-bond donors (Lipinski definition) is 0. The van der Waals surface area contributed by atoms with Gasteiger partial charge in [-0.3, -0.25) is 0 Å². The van der Waals surface area contributed by atoms with Crippen LogP contribution in [0.5, 0.6) is 5.75 Å². The van der Waals surface area contributed by atoms with E-state index in [0.29, 0.717) is 22.2 Å². The van der Waals surface area contributed by atoms with E-state index in [2.05, 4.69) is 10.2 Å². The molecule has 0 aliphatic heterocycles. The van der Waals surface area contributed by atoms with E-state index in [1.165, 1.54) is 6.07 Å². The molecule has 0 N–H and O–H groups in total. The lowest BCUT2D eigenvalue weighted by Gasteiger charge is -2.06. The fourth-order valence-electron chi connectivity index (χ4n) is 1.24. The molecule has 17 heavy (non-hydrogen) atoms. The van der Waals surface area contributed by atoms with Gasteiger partial charge in [-0.2, -0.15) is 5.10 Å². The molecule has 0 bridgehead atoms. The molecule has 0 saturated heterocycles. The van der Waals surface area contributed by atoms with Crippen LogP contribution < -0.4 is 4.74 Å². The summed E-state index contributed by atoms with van der Waals surface area (Å²) in [4.78, 5) is 0. The summed E-state index contributed by atoms with van der Waals surface area (Å²) < 4.78 is 18.6. The Labute approximate surface area is 103 Å². The summed E-state index contributed by atoms with van der Waals surface area (Å²) in [7, 11) is 0. The van der Waals surface area contributed by atoms with E-state index in [1.54, 1.807) is 31.2 Å². The molecule has 2 aromatic rings. The Hall–Kier alpha value is -1.68. The summed E-state index contributed by atoms with van der Waals surface area (Å²) in [6, 6.07) is 8.06. The molecule has 0 amide bonds. The van der Waals surface area contributed by atoms with Crippen LogP contribution in [0.1, 0.15) is 11.3 Å². The van der Waals surface area contributed by atoms with E-state index in [1.807, 2.05) is 0 Å². The molecule has 0 saturated carbocycles. The van der Waals surface area contributed by atoms with Gasteiger partial charge in [0.15, 0.2) is 5.15 Å². The van der Waals surface area contributed by atoms with Gasteiger partial charge in [-0.15, -0.1) is 5.10 Å². The van der Waals surface area contributed by atoms with Crippen LogP contribution in [0.15, 0.2) is 30.3 Å². The van der Waals surface area contributed by atoms with Crippen LogP contribution in [-0.4, -0.2) is 10.2 Å². The highest BCUT2D eigenvalue weighted by Crippen LogP contribution is 2.16. The van der Waals surface area contributed by atoms with Crippen molar-refractivity contribution in [2.75, 3.05) is 0 Å². The standard InChI is InChI=1S/C12H10ClFN2O/c1-8-2-4-10(6-11(8)14)17-7-9-3-5-12(13)16-15-9/h2-6H,7H2,1H3. The quantitative estimate of drug-likeness (QED) is 0.842. The second kappa shape index (κ2) is 5.10. The topological polar surface area (TPSA) is 35.0 Å². The number of hydrogen-bond acceptors (Lipinski definition) is 3. The van der Waals surface area contributed by atoms with Crippen molar-refractivity contribution in [1.82, 2.24) is 10.2 Å². The Morgan fingerprint density at radius 3 is 2.71 bits per heavy atom. The summed E-state index contributed by atoms with van der Waals surface area (Å²) >= 11 is 5.60. The van der Waals surface area contributed by atoms with Crippen molar-refractivity contribution in [1.29, 1.82) is 0 Å². The first-order valence-corrected chi connectivity index (χ1v) is 5.40. The highest BCUT2D eigenvalue weighted by Gasteiger charge is 2.02. The average molecular weight is 253 g/mol. The molecule has 0 unspecified atom stereocenters. The Kier molecular flexibility index (Phi) is 3.54. The molecule has 0 aliphatic carbocycles. The predicted octanol–water partition coefficient (Wildman–Crippen LogP) is 3.16. The second-order valence-electron chi connectivity index (χ2n) is 3.55. The number of aromatic nitrogens is 2. The lowest BCUT2D eigenvalue weighted by molar-refractivity contribution is 0.298. The number of benzene rings is 1. The van der Waals surface area contributed by atoms with E-state index in [-0.39, 0.29) is 12.4 Å². The van der Waals surface area contributed by atoms with E-state index < -0.39 is 0 Å². The van der Waals surface area contributed by atoms with Gasteiger partial charge in [0.1, 0.15) is 23.9 Å². The predicted molar refractivity (Wildman–Crippen MR) is 62.5 cm³/mol. The number of nitrogens with zero attached hydrogens (tertiary/aromatic N) is 2. The van der Waals surface area contributed by atoms with Gasteiger partial charge in [0.2, 0.25) is 0 Å². The van der Waals surface area contributed by atoms with Gasteiger partial charge in [0.05, 0.1) is 0 Å². The van der Waals surface area contributed by atoms with E-state index in [9.17, 15) is 4.39 Å². The molecule has 3 nitrogen and oxygen atoms in total.